The van der Waals surface area contributed by atoms with E-state index in [1.165, 1.54) is 7.11 Å². The Morgan fingerprint density at radius 1 is 1.11 bits per heavy atom. The first-order valence-electron chi connectivity index (χ1n) is 9.17. The first-order valence-corrected chi connectivity index (χ1v) is 10.8. The quantitative estimate of drug-likeness (QED) is 0.677. The van der Waals surface area contributed by atoms with E-state index in [4.69, 9.17) is 18.8 Å². The number of hydrogen-bond acceptors (Lipinski definition) is 6. The van der Waals surface area contributed by atoms with Crippen molar-refractivity contribution in [1.29, 1.82) is 0 Å². The average molecular weight is 399 g/mol. The number of rotatable bonds is 8. The summed E-state index contributed by atoms with van der Waals surface area (Å²) in [5, 5.41) is 0. The van der Waals surface area contributed by atoms with Crippen molar-refractivity contribution >= 4 is 28.3 Å². The summed E-state index contributed by atoms with van der Waals surface area (Å²) in [6.07, 6.45) is 0.507. The highest BCUT2D eigenvalue weighted by Crippen LogP contribution is 2.39. The van der Waals surface area contributed by atoms with Gasteiger partial charge in [-0.05, 0) is 58.6 Å². The summed E-state index contributed by atoms with van der Waals surface area (Å²) in [6, 6.07) is 3.44. The molecule has 1 fully saturated rings. The standard InChI is InChI=1S/C18H30BNO6S/c1-8-10-27(21,22)20-14-11-13(12-15(24-9-2)16(14)23-7)19-25-17(3,4)18(5,6)26-19/h11-12,20H,8-10H2,1-7H3. The van der Waals surface area contributed by atoms with Crippen molar-refractivity contribution in [1.82, 2.24) is 0 Å². The van der Waals surface area contributed by atoms with Gasteiger partial charge in [0.15, 0.2) is 11.5 Å². The number of methoxy groups -OCH3 is 1. The van der Waals surface area contributed by atoms with E-state index in [-0.39, 0.29) is 5.75 Å². The predicted molar refractivity (Wildman–Crippen MR) is 108 cm³/mol. The number of sulfonamides is 1. The zero-order valence-corrected chi connectivity index (χ0v) is 18.0. The molecular formula is C18H30BNO6S. The van der Waals surface area contributed by atoms with Crippen LogP contribution in [0, 0.1) is 0 Å². The maximum atomic E-state index is 12.3. The van der Waals surface area contributed by atoms with Gasteiger partial charge in [0, 0.05) is 0 Å². The smallest absolute Gasteiger partial charge is 0.491 e. The lowest BCUT2D eigenvalue weighted by Gasteiger charge is -2.32. The van der Waals surface area contributed by atoms with Crippen LogP contribution in [0.25, 0.3) is 0 Å². The highest BCUT2D eigenvalue weighted by Gasteiger charge is 2.52. The molecule has 27 heavy (non-hydrogen) atoms. The maximum absolute atomic E-state index is 12.3. The fourth-order valence-electron chi connectivity index (χ4n) is 2.78. The molecule has 1 N–H and O–H groups in total. The fourth-order valence-corrected chi connectivity index (χ4v) is 3.90. The van der Waals surface area contributed by atoms with Crippen molar-refractivity contribution < 1.29 is 27.2 Å². The van der Waals surface area contributed by atoms with Crippen molar-refractivity contribution in [2.45, 2.75) is 59.2 Å². The van der Waals surface area contributed by atoms with Crippen LogP contribution in [0.2, 0.25) is 0 Å². The first kappa shape index (κ1) is 21.9. The maximum Gasteiger partial charge on any atom is 0.495 e. The molecule has 0 aromatic heterocycles. The lowest BCUT2D eigenvalue weighted by Crippen LogP contribution is -2.41. The van der Waals surface area contributed by atoms with Gasteiger partial charge in [-0.15, -0.1) is 0 Å². The van der Waals surface area contributed by atoms with Gasteiger partial charge in [-0.2, -0.15) is 0 Å². The molecule has 0 bridgehead atoms. The molecule has 2 rings (SSSR count). The molecule has 0 atom stereocenters. The Labute approximate surface area is 162 Å². The summed E-state index contributed by atoms with van der Waals surface area (Å²) in [4.78, 5) is 0. The van der Waals surface area contributed by atoms with E-state index in [1.807, 2.05) is 41.5 Å². The highest BCUT2D eigenvalue weighted by atomic mass is 32.2. The normalized spacial score (nSPS) is 18.4. The third-order valence-electron chi connectivity index (χ3n) is 4.84. The first-order chi connectivity index (χ1) is 12.5. The number of ether oxygens (including phenoxy) is 2. The van der Waals surface area contributed by atoms with Crippen molar-refractivity contribution in [3.05, 3.63) is 12.1 Å². The largest absolute Gasteiger partial charge is 0.495 e. The van der Waals surface area contributed by atoms with E-state index in [0.717, 1.165) is 0 Å². The molecule has 0 amide bonds. The highest BCUT2D eigenvalue weighted by molar-refractivity contribution is 7.92. The molecule has 7 nitrogen and oxygen atoms in total. The Bertz CT molecular complexity index is 762. The van der Waals surface area contributed by atoms with E-state index in [0.29, 0.717) is 35.7 Å². The van der Waals surface area contributed by atoms with Crippen LogP contribution in [0.3, 0.4) is 0 Å². The summed E-state index contributed by atoms with van der Waals surface area (Å²) in [5.74, 6) is 0.777. The van der Waals surface area contributed by atoms with Gasteiger partial charge in [-0.1, -0.05) is 6.92 Å². The molecule has 1 heterocycles. The molecule has 1 aliphatic rings. The van der Waals surface area contributed by atoms with E-state index in [9.17, 15) is 8.42 Å². The minimum Gasteiger partial charge on any atom is -0.491 e. The third-order valence-corrected chi connectivity index (χ3v) is 6.32. The third kappa shape index (κ3) is 4.70. The molecule has 0 unspecified atom stereocenters. The molecule has 152 valence electrons. The number of nitrogens with one attached hydrogen (secondary N) is 1. The summed E-state index contributed by atoms with van der Waals surface area (Å²) in [6.45, 7) is 11.9. The van der Waals surface area contributed by atoms with Gasteiger partial charge >= 0.3 is 7.12 Å². The number of benzene rings is 1. The molecule has 1 aromatic rings. The second-order valence-corrected chi connectivity index (χ2v) is 9.38. The zero-order chi connectivity index (χ0) is 20.5. The number of anilines is 1. The molecule has 0 saturated carbocycles. The van der Waals surface area contributed by atoms with E-state index in [2.05, 4.69) is 4.72 Å². The van der Waals surface area contributed by atoms with Crippen LogP contribution in [-0.2, 0) is 19.3 Å². The lowest BCUT2D eigenvalue weighted by atomic mass is 9.78. The average Bonchev–Trinajstić information content (AvgIpc) is 2.75. The van der Waals surface area contributed by atoms with Crippen LogP contribution in [0.15, 0.2) is 12.1 Å². The van der Waals surface area contributed by atoms with Crippen LogP contribution in [0.5, 0.6) is 11.5 Å². The molecule has 1 saturated heterocycles. The minimum atomic E-state index is -3.50. The number of hydrogen-bond donors (Lipinski definition) is 1. The van der Waals surface area contributed by atoms with E-state index >= 15 is 0 Å². The second kappa shape index (κ2) is 7.89. The van der Waals surface area contributed by atoms with Gasteiger partial charge in [-0.25, -0.2) is 8.42 Å². The lowest BCUT2D eigenvalue weighted by molar-refractivity contribution is 0.00578. The van der Waals surface area contributed by atoms with Gasteiger partial charge in [-0.3, -0.25) is 4.72 Å². The zero-order valence-electron chi connectivity index (χ0n) is 17.2. The van der Waals surface area contributed by atoms with Gasteiger partial charge in [0.1, 0.15) is 0 Å². The molecule has 0 spiro atoms. The SMILES string of the molecule is CCCS(=O)(=O)Nc1cc(B2OC(C)(C)C(C)(C)O2)cc(OCC)c1OC. The van der Waals surface area contributed by atoms with Crippen molar-refractivity contribution in [3.63, 3.8) is 0 Å². The van der Waals surface area contributed by atoms with Crippen LogP contribution in [0.1, 0.15) is 48.0 Å². The summed E-state index contributed by atoms with van der Waals surface area (Å²) in [5.41, 5.74) is -0.0510. The Kier molecular flexibility index (Phi) is 6.38. The summed E-state index contributed by atoms with van der Waals surface area (Å²) in [7, 11) is -2.67. The van der Waals surface area contributed by atoms with E-state index < -0.39 is 28.3 Å². The van der Waals surface area contributed by atoms with Crippen molar-refractivity contribution in [2.75, 3.05) is 24.2 Å². The Balaban J connectivity index is 2.50. The topological polar surface area (TPSA) is 83.1 Å². The monoisotopic (exact) mass is 399 g/mol. The minimum absolute atomic E-state index is 0.0147. The van der Waals surface area contributed by atoms with E-state index in [1.54, 1.807) is 12.1 Å². The van der Waals surface area contributed by atoms with Crippen molar-refractivity contribution in [2.24, 2.45) is 0 Å². The van der Waals surface area contributed by atoms with Crippen LogP contribution < -0.4 is 19.7 Å². The molecule has 9 heteroatoms. The Hall–Kier alpha value is -1.45. The molecular weight excluding hydrogens is 369 g/mol. The fraction of sp³-hybridized carbons (Fsp3) is 0.667. The van der Waals surface area contributed by atoms with Crippen LogP contribution >= 0.6 is 0 Å². The summed E-state index contributed by atoms with van der Waals surface area (Å²) < 4.78 is 50.5. The Morgan fingerprint density at radius 3 is 2.19 bits per heavy atom. The molecule has 1 aliphatic heterocycles. The van der Waals surface area contributed by atoms with Crippen LogP contribution in [-0.4, -0.2) is 46.2 Å². The van der Waals surface area contributed by atoms with Gasteiger partial charge in [0.05, 0.1) is 36.4 Å². The van der Waals surface area contributed by atoms with Gasteiger partial charge in [0.25, 0.3) is 0 Å². The molecule has 1 aromatic carbocycles. The second-order valence-electron chi connectivity index (χ2n) is 7.54. The molecule has 0 radical (unpaired) electrons. The van der Waals surface area contributed by atoms with Gasteiger partial charge < -0.3 is 18.8 Å². The van der Waals surface area contributed by atoms with Crippen LogP contribution in [0.4, 0.5) is 5.69 Å². The van der Waals surface area contributed by atoms with Crippen molar-refractivity contribution in [3.8, 4) is 11.5 Å². The van der Waals surface area contributed by atoms with Gasteiger partial charge in [0.2, 0.25) is 10.0 Å². The Morgan fingerprint density at radius 2 is 1.70 bits per heavy atom. The summed E-state index contributed by atoms with van der Waals surface area (Å²) >= 11 is 0. The predicted octanol–water partition coefficient (Wildman–Crippen LogP) is 2.54. The molecule has 0 aliphatic carbocycles.